The van der Waals surface area contributed by atoms with Gasteiger partial charge in [0.25, 0.3) is 5.91 Å². The molecule has 92 valence electrons. The number of carbonyl (C=O) groups is 1. The maximum atomic E-state index is 11.9. The lowest BCUT2D eigenvalue weighted by atomic mass is 9.99. The van der Waals surface area contributed by atoms with Gasteiger partial charge < -0.3 is 10.6 Å². The first-order valence-corrected chi connectivity index (χ1v) is 6.22. The van der Waals surface area contributed by atoms with E-state index in [1.807, 2.05) is 19.1 Å². The quantitative estimate of drug-likeness (QED) is 0.828. The van der Waals surface area contributed by atoms with E-state index in [9.17, 15) is 4.79 Å². The summed E-state index contributed by atoms with van der Waals surface area (Å²) in [6.07, 6.45) is 5.24. The number of carbonyl (C=O) groups excluding carboxylic acids is 1. The van der Waals surface area contributed by atoms with E-state index in [1.54, 1.807) is 12.3 Å². The zero-order chi connectivity index (χ0) is 12.1. The van der Waals surface area contributed by atoms with Gasteiger partial charge in [-0.15, -0.1) is 0 Å². The minimum absolute atomic E-state index is 0.0922. The molecule has 1 fully saturated rings. The van der Waals surface area contributed by atoms with Gasteiger partial charge in [0.15, 0.2) is 0 Å². The van der Waals surface area contributed by atoms with Crippen LogP contribution in [0.3, 0.4) is 0 Å². The second kappa shape index (κ2) is 5.77. The highest BCUT2D eigenvalue weighted by atomic mass is 16.1. The first kappa shape index (κ1) is 12.0. The molecule has 1 amide bonds. The Morgan fingerprint density at radius 1 is 1.53 bits per heavy atom. The molecule has 0 unspecified atom stereocenters. The molecule has 1 saturated heterocycles. The van der Waals surface area contributed by atoms with Gasteiger partial charge in [-0.1, -0.05) is 12.5 Å². The van der Waals surface area contributed by atoms with Gasteiger partial charge in [-0.05, 0) is 38.4 Å². The Bertz CT molecular complexity index is 360. The first-order chi connectivity index (χ1) is 8.27. The van der Waals surface area contributed by atoms with Crippen LogP contribution in [0.2, 0.25) is 0 Å². The fourth-order valence-electron chi connectivity index (χ4n) is 2.18. The van der Waals surface area contributed by atoms with Crippen molar-refractivity contribution in [1.29, 1.82) is 0 Å². The average Bonchev–Trinajstić information content (AvgIpc) is 2.40. The molecule has 1 aliphatic heterocycles. The molecule has 4 nitrogen and oxygen atoms in total. The Morgan fingerprint density at radius 3 is 3.06 bits per heavy atom. The van der Waals surface area contributed by atoms with Gasteiger partial charge in [-0.3, -0.25) is 9.78 Å². The number of hydrogen-bond acceptors (Lipinski definition) is 3. The van der Waals surface area contributed by atoms with Crippen molar-refractivity contribution >= 4 is 5.91 Å². The van der Waals surface area contributed by atoms with Crippen molar-refractivity contribution in [2.24, 2.45) is 0 Å². The van der Waals surface area contributed by atoms with E-state index < -0.39 is 0 Å². The van der Waals surface area contributed by atoms with Crippen molar-refractivity contribution in [3.05, 3.63) is 30.1 Å². The van der Waals surface area contributed by atoms with Crippen LogP contribution in [0.1, 0.15) is 36.7 Å². The summed E-state index contributed by atoms with van der Waals surface area (Å²) in [5, 5.41) is 6.44. The number of piperidine rings is 1. The minimum Gasteiger partial charge on any atom is -0.347 e. The lowest BCUT2D eigenvalue weighted by Crippen LogP contribution is -2.50. The zero-order valence-electron chi connectivity index (χ0n) is 10.1. The number of nitrogens with zero attached hydrogens (tertiary/aromatic N) is 1. The van der Waals surface area contributed by atoms with Crippen molar-refractivity contribution in [1.82, 2.24) is 15.6 Å². The molecule has 0 radical (unpaired) electrons. The highest BCUT2D eigenvalue weighted by molar-refractivity contribution is 5.92. The van der Waals surface area contributed by atoms with Gasteiger partial charge in [-0.2, -0.15) is 0 Å². The summed E-state index contributed by atoms with van der Waals surface area (Å²) in [6, 6.07) is 5.89. The Hall–Kier alpha value is -1.42. The highest BCUT2D eigenvalue weighted by Crippen LogP contribution is 2.10. The van der Waals surface area contributed by atoms with Crippen LogP contribution in [0.5, 0.6) is 0 Å². The summed E-state index contributed by atoms with van der Waals surface area (Å²) < 4.78 is 0. The summed E-state index contributed by atoms with van der Waals surface area (Å²) in [6.45, 7) is 3.10. The zero-order valence-corrected chi connectivity index (χ0v) is 10.1. The lowest BCUT2D eigenvalue weighted by molar-refractivity contribution is 0.0923. The Morgan fingerprint density at radius 2 is 2.41 bits per heavy atom. The topological polar surface area (TPSA) is 54.0 Å². The SMILES string of the molecule is C[C@@H](NC(=O)c1ccccn1)[C@@H]1CCCCN1. The van der Waals surface area contributed by atoms with Crippen molar-refractivity contribution in [3.8, 4) is 0 Å². The fourth-order valence-corrected chi connectivity index (χ4v) is 2.18. The fraction of sp³-hybridized carbons (Fsp3) is 0.538. The lowest BCUT2D eigenvalue weighted by Gasteiger charge is -2.29. The first-order valence-electron chi connectivity index (χ1n) is 6.22. The molecule has 1 aromatic rings. The predicted molar refractivity (Wildman–Crippen MR) is 66.8 cm³/mol. The highest BCUT2D eigenvalue weighted by Gasteiger charge is 2.21. The summed E-state index contributed by atoms with van der Waals surface area (Å²) in [7, 11) is 0. The van der Waals surface area contributed by atoms with Crippen LogP contribution in [-0.2, 0) is 0 Å². The molecule has 1 aromatic heterocycles. The largest absolute Gasteiger partial charge is 0.347 e. The Kier molecular flexibility index (Phi) is 4.09. The molecule has 2 N–H and O–H groups in total. The Balaban J connectivity index is 1.89. The van der Waals surface area contributed by atoms with Gasteiger partial charge in [-0.25, -0.2) is 0 Å². The van der Waals surface area contributed by atoms with Crippen molar-refractivity contribution in [2.45, 2.75) is 38.3 Å². The van der Waals surface area contributed by atoms with E-state index in [4.69, 9.17) is 0 Å². The maximum Gasteiger partial charge on any atom is 0.270 e. The van der Waals surface area contributed by atoms with Crippen LogP contribution in [0.15, 0.2) is 24.4 Å². The summed E-state index contributed by atoms with van der Waals surface area (Å²) in [5.41, 5.74) is 0.482. The third-order valence-corrected chi connectivity index (χ3v) is 3.21. The summed E-state index contributed by atoms with van der Waals surface area (Å²) in [5.74, 6) is -0.0922. The van der Waals surface area contributed by atoms with Crippen LogP contribution in [0.25, 0.3) is 0 Å². The van der Waals surface area contributed by atoms with Crippen molar-refractivity contribution in [2.75, 3.05) is 6.54 Å². The molecule has 0 aliphatic carbocycles. The standard InChI is InChI=1S/C13H19N3O/c1-10(11-6-2-4-8-14-11)16-13(17)12-7-3-5-9-15-12/h3,5,7,9-11,14H,2,4,6,8H2,1H3,(H,16,17)/t10-,11+/m1/s1. The molecule has 0 bridgehead atoms. The molecule has 0 aromatic carbocycles. The third-order valence-electron chi connectivity index (χ3n) is 3.21. The van der Waals surface area contributed by atoms with E-state index in [1.165, 1.54) is 12.8 Å². The van der Waals surface area contributed by atoms with Crippen LogP contribution in [0.4, 0.5) is 0 Å². The number of nitrogens with one attached hydrogen (secondary N) is 2. The molecule has 0 saturated carbocycles. The van der Waals surface area contributed by atoms with Gasteiger partial charge in [0.05, 0.1) is 0 Å². The summed E-state index contributed by atoms with van der Waals surface area (Å²) in [4.78, 5) is 15.9. The van der Waals surface area contributed by atoms with E-state index >= 15 is 0 Å². The normalized spacial score (nSPS) is 21.8. The Labute approximate surface area is 102 Å². The van der Waals surface area contributed by atoms with E-state index in [2.05, 4.69) is 15.6 Å². The van der Waals surface area contributed by atoms with E-state index in [0.717, 1.165) is 13.0 Å². The number of hydrogen-bond donors (Lipinski definition) is 2. The molecular weight excluding hydrogens is 214 g/mol. The van der Waals surface area contributed by atoms with E-state index in [-0.39, 0.29) is 11.9 Å². The van der Waals surface area contributed by atoms with Gasteiger partial charge >= 0.3 is 0 Å². The van der Waals surface area contributed by atoms with Crippen molar-refractivity contribution in [3.63, 3.8) is 0 Å². The third kappa shape index (κ3) is 3.27. The van der Waals surface area contributed by atoms with Crippen LogP contribution < -0.4 is 10.6 Å². The van der Waals surface area contributed by atoms with Gasteiger partial charge in [0, 0.05) is 18.3 Å². The molecular formula is C13H19N3O. The van der Waals surface area contributed by atoms with Crippen molar-refractivity contribution < 1.29 is 4.79 Å². The second-order valence-electron chi connectivity index (χ2n) is 4.53. The van der Waals surface area contributed by atoms with Crippen LogP contribution in [0, 0.1) is 0 Å². The number of amides is 1. The average molecular weight is 233 g/mol. The molecule has 1 aliphatic rings. The molecule has 4 heteroatoms. The summed E-state index contributed by atoms with van der Waals surface area (Å²) >= 11 is 0. The molecule has 2 heterocycles. The van der Waals surface area contributed by atoms with Gasteiger partial charge in [0.2, 0.25) is 0 Å². The number of aromatic nitrogens is 1. The van der Waals surface area contributed by atoms with Crippen LogP contribution >= 0.6 is 0 Å². The van der Waals surface area contributed by atoms with E-state index in [0.29, 0.717) is 11.7 Å². The number of rotatable bonds is 3. The van der Waals surface area contributed by atoms with Gasteiger partial charge in [0.1, 0.15) is 5.69 Å². The monoisotopic (exact) mass is 233 g/mol. The molecule has 0 spiro atoms. The second-order valence-corrected chi connectivity index (χ2v) is 4.53. The molecule has 2 atom stereocenters. The smallest absolute Gasteiger partial charge is 0.270 e. The maximum absolute atomic E-state index is 11.9. The molecule has 17 heavy (non-hydrogen) atoms. The predicted octanol–water partition coefficient (Wildman–Crippen LogP) is 1.34. The molecule has 2 rings (SSSR count). The minimum atomic E-state index is -0.0922. The van der Waals surface area contributed by atoms with Crippen LogP contribution in [-0.4, -0.2) is 29.5 Å². The number of pyridine rings is 1.